The number of nitrogen functional groups attached to an aromatic ring is 1. The van der Waals surface area contributed by atoms with Crippen LogP contribution in [0.25, 0.3) is 11.2 Å². The molecule has 5 rings (SSSR count). The fourth-order valence-corrected chi connectivity index (χ4v) is 4.83. The zero-order valence-corrected chi connectivity index (χ0v) is 18.1. The van der Waals surface area contributed by atoms with E-state index in [1.807, 2.05) is 25.5 Å². The van der Waals surface area contributed by atoms with Gasteiger partial charge in [0.15, 0.2) is 23.5 Å². The first-order chi connectivity index (χ1) is 14.8. The number of ether oxygens (including phenoxy) is 4. The van der Waals surface area contributed by atoms with Crippen molar-refractivity contribution < 1.29 is 23.7 Å². The molecule has 3 aliphatic rings. The van der Waals surface area contributed by atoms with Gasteiger partial charge in [-0.3, -0.25) is 9.36 Å². The molecule has 2 N–H and O–H groups in total. The Hall–Kier alpha value is -2.34. The van der Waals surface area contributed by atoms with Gasteiger partial charge in [-0.2, -0.15) is 0 Å². The number of imidazole rings is 1. The van der Waals surface area contributed by atoms with Crippen LogP contribution in [0.15, 0.2) is 12.7 Å². The standard InChI is InChI=1S/C20H28N6O5/c1-20(2)30-14-12(7-25(3)11-5-10(6-11)19(27)28-4)29-18(15(14)31-20)26-9-24-13-16(21)22-8-23-17(13)26/h8-12,14-15,18H,5-7H2,1-4H3,(H2,21,22,23)/t10?,11?,12-,14-,15-,18?/m1/s1. The molecule has 4 heterocycles. The third-order valence-corrected chi connectivity index (χ3v) is 6.53. The van der Waals surface area contributed by atoms with Crippen molar-refractivity contribution in [3.05, 3.63) is 12.7 Å². The van der Waals surface area contributed by atoms with Crippen LogP contribution in [-0.2, 0) is 23.7 Å². The topological polar surface area (TPSA) is 127 Å². The van der Waals surface area contributed by atoms with Gasteiger partial charge in [-0.05, 0) is 33.7 Å². The van der Waals surface area contributed by atoms with E-state index >= 15 is 0 Å². The SMILES string of the molecule is COC(=O)C1CC(N(C)C[C@H]2OC(n3cnc4c(N)ncnc43)[C@@H]3OC(C)(C)O[C@H]23)C1. The molecule has 11 heteroatoms. The first kappa shape index (κ1) is 20.6. The minimum atomic E-state index is -0.717. The second-order valence-corrected chi connectivity index (χ2v) is 9.00. The van der Waals surface area contributed by atoms with Crippen LogP contribution in [0.5, 0.6) is 0 Å². The molecule has 0 bridgehead atoms. The van der Waals surface area contributed by atoms with E-state index in [4.69, 9.17) is 24.7 Å². The summed E-state index contributed by atoms with van der Waals surface area (Å²) in [7, 11) is 3.48. The number of nitrogens with two attached hydrogens (primary N) is 1. The zero-order chi connectivity index (χ0) is 21.9. The van der Waals surface area contributed by atoms with E-state index in [0.29, 0.717) is 29.6 Å². The van der Waals surface area contributed by atoms with Gasteiger partial charge in [0, 0.05) is 12.6 Å². The smallest absolute Gasteiger partial charge is 0.308 e. The van der Waals surface area contributed by atoms with E-state index < -0.39 is 12.0 Å². The zero-order valence-electron chi connectivity index (χ0n) is 18.1. The molecule has 0 aromatic carbocycles. The third-order valence-electron chi connectivity index (χ3n) is 6.53. The molecule has 0 amide bonds. The molecule has 0 radical (unpaired) electrons. The van der Waals surface area contributed by atoms with Gasteiger partial charge in [-0.25, -0.2) is 15.0 Å². The maximum Gasteiger partial charge on any atom is 0.308 e. The van der Waals surface area contributed by atoms with Crippen LogP contribution in [0, 0.1) is 5.92 Å². The molecule has 0 spiro atoms. The number of methoxy groups -OCH3 is 1. The molecule has 2 aromatic rings. The number of hydrogen-bond acceptors (Lipinski definition) is 10. The van der Waals surface area contributed by atoms with Crippen molar-refractivity contribution in [3.8, 4) is 0 Å². The average Bonchev–Trinajstić information content (AvgIpc) is 3.33. The van der Waals surface area contributed by atoms with E-state index in [9.17, 15) is 4.79 Å². The third kappa shape index (κ3) is 3.45. The second-order valence-electron chi connectivity index (χ2n) is 9.00. The molecular weight excluding hydrogens is 404 g/mol. The lowest BCUT2D eigenvalue weighted by Gasteiger charge is -2.40. The average molecular weight is 432 g/mol. The van der Waals surface area contributed by atoms with Crippen molar-refractivity contribution in [1.82, 2.24) is 24.4 Å². The predicted octanol–water partition coefficient (Wildman–Crippen LogP) is 0.709. The molecule has 168 valence electrons. The van der Waals surface area contributed by atoms with Crippen LogP contribution in [-0.4, -0.2) is 81.2 Å². The molecule has 31 heavy (non-hydrogen) atoms. The molecule has 2 saturated heterocycles. The summed E-state index contributed by atoms with van der Waals surface area (Å²) in [6.07, 6.45) is 3.44. The Labute approximate surface area is 179 Å². The molecule has 2 aromatic heterocycles. The Morgan fingerprint density at radius 1 is 1.29 bits per heavy atom. The number of esters is 1. The molecular formula is C20H28N6O5. The van der Waals surface area contributed by atoms with Crippen LogP contribution >= 0.6 is 0 Å². The summed E-state index contributed by atoms with van der Waals surface area (Å²) in [4.78, 5) is 26.6. The summed E-state index contributed by atoms with van der Waals surface area (Å²) in [6.45, 7) is 4.46. The van der Waals surface area contributed by atoms with Crippen LogP contribution < -0.4 is 5.73 Å². The van der Waals surface area contributed by atoms with Crippen LogP contribution in [0.2, 0.25) is 0 Å². The minimum Gasteiger partial charge on any atom is -0.469 e. The van der Waals surface area contributed by atoms with Crippen molar-refractivity contribution in [2.24, 2.45) is 5.92 Å². The molecule has 1 aliphatic carbocycles. The van der Waals surface area contributed by atoms with Gasteiger partial charge in [0.25, 0.3) is 0 Å². The molecule has 2 aliphatic heterocycles. The van der Waals surface area contributed by atoms with Crippen LogP contribution in [0.1, 0.15) is 32.9 Å². The fourth-order valence-electron chi connectivity index (χ4n) is 4.83. The van der Waals surface area contributed by atoms with Gasteiger partial charge < -0.3 is 29.6 Å². The van der Waals surface area contributed by atoms with Gasteiger partial charge in [-0.15, -0.1) is 0 Å². The quantitative estimate of drug-likeness (QED) is 0.675. The number of nitrogens with zero attached hydrogens (tertiary/aromatic N) is 5. The molecule has 1 saturated carbocycles. The molecule has 3 fully saturated rings. The largest absolute Gasteiger partial charge is 0.469 e. The van der Waals surface area contributed by atoms with Crippen molar-refractivity contribution >= 4 is 23.0 Å². The van der Waals surface area contributed by atoms with E-state index in [0.717, 1.165) is 12.8 Å². The Morgan fingerprint density at radius 3 is 2.77 bits per heavy atom. The highest BCUT2D eigenvalue weighted by Crippen LogP contribution is 2.44. The summed E-state index contributed by atoms with van der Waals surface area (Å²) in [6, 6.07) is 0.308. The Morgan fingerprint density at radius 2 is 2.03 bits per heavy atom. The summed E-state index contributed by atoms with van der Waals surface area (Å²) in [5, 5.41) is 0. The number of anilines is 1. The summed E-state index contributed by atoms with van der Waals surface area (Å²) >= 11 is 0. The lowest BCUT2D eigenvalue weighted by atomic mass is 9.79. The molecule has 11 nitrogen and oxygen atoms in total. The van der Waals surface area contributed by atoms with Crippen molar-refractivity contribution in [2.75, 3.05) is 26.4 Å². The summed E-state index contributed by atoms with van der Waals surface area (Å²) in [5.41, 5.74) is 7.07. The van der Waals surface area contributed by atoms with Gasteiger partial charge in [0.2, 0.25) is 0 Å². The molecule has 1 unspecified atom stereocenters. The number of rotatable bonds is 5. The van der Waals surface area contributed by atoms with Crippen molar-refractivity contribution in [3.63, 3.8) is 0 Å². The maximum atomic E-state index is 11.7. The fraction of sp³-hybridized carbons (Fsp3) is 0.700. The maximum absolute atomic E-state index is 11.7. The first-order valence-corrected chi connectivity index (χ1v) is 10.5. The lowest BCUT2D eigenvalue weighted by Crippen LogP contribution is -2.49. The van der Waals surface area contributed by atoms with E-state index in [1.54, 1.807) is 6.33 Å². The number of carbonyl (C=O) groups is 1. The lowest BCUT2D eigenvalue weighted by molar-refractivity contribution is -0.198. The van der Waals surface area contributed by atoms with Gasteiger partial charge in [0.1, 0.15) is 30.2 Å². The number of aromatic nitrogens is 4. The van der Waals surface area contributed by atoms with Crippen molar-refractivity contribution in [1.29, 1.82) is 0 Å². The normalized spacial score (nSPS) is 34.1. The number of fused-ring (bicyclic) bond motifs is 2. The van der Waals surface area contributed by atoms with Gasteiger partial charge in [0.05, 0.1) is 19.4 Å². The Bertz CT molecular complexity index is 990. The monoisotopic (exact) mass is 432 g/mol. The van der Waals surface area contributed by atoms with Gasteiger partial charge in [-0.1, -0.05) is 0 Å². The second kappa shape index (κ2) is 7.37. The molecule has 4 atom stereocenters. The highest BCUT2D eigenvalue weighted by atomic mass is 16.8. The van der Waals surface area contributed by atoms with E-state index in [2.05, 4.69) is 19.9 Å². The van der Waals surface area contributed by atoms with Crippen molar-refractivity contribution in [2.45, 2.75) is 63.1 Å². The van der Waals surface area contributed by atoms with E-state index in [1.165, 1.54) is 13.4 Å². The predicted molar refractivity (Wildman–Crippen MR) is 109 cm³/mol. The summed E-state index contributed by atoms with van der Waals surface area (Å²) in [5.74, 6) is -0.548. The highest BCUT2D eigenvalue weighted by molar-refractivity contribution is 5.81. The number of carbonyl (C=O) groups excluding carboxylic acids is 1. The highest BCUT2D eigenvalue weighted by Gasteiger charge is 2.56. The van der Waals surface area contributed by atoms with Crippen LogP contribution in [0.3, 0.4) is 0 Å². The van der Waals surface area contributed by atoms with E-state index in [-0.39, 0.29) is 30.2 Å². The number of likely N-dealkylation sites (N-methyl/N-ethyl adjacent to an activating group) is 1. The van der Waals surface area contributed by atoms with Gasteiger partial charge >= 0.3 is 5.97 Å². The van der Waals surface area contributed by atoms with Crippen LogP contribution in [0.4, 0.5) is 5.82 Å². The first-order valence-electron chi connectivity index (χ1n) is 10.5. The number of hydrogen-bond donors (Lipinski definition) is 1. The minimum absolute atomic E-state index is 0.0186. The summed E-state index contributed by atoms with van der Waals surface area (Å²) < 4.78 is 25.6. The Balaban J connectivity index is 1.35. The Kier molecular flexibility index (Phi) is 4.88.